The molecular weight excluding hydrogens is 732 g/mol. The monoisotopic (exact) mass is 823 g/mol. The highest BCUT2D eigenvalue weighted by Gasteiger charge is 2.24. The molecule has 0 fully saturated rings. The number of hydrogen-bond acceptors (Lipinski definition) is 9. The highest BCUT2D eigenvalue weighted by atomic mass is 16.5. The van der Waals surface area contributed by atoms with Gasteiger partial charge in [-0.2, -0.15) is 0 Å². The molecule has 0 heterocycles. The average molecular weight is 823 g/mol. The molecule has 0 aromatic heterocycles. The third-order valence-electron chi connectivity index (χ3n) is 5.85. The summed E-state index contributed by atoms with van der Waals surface area (Å²) < 4.78 is 15.2. The van der Waals surface area contributed by atoms with E-state index in [-0.39, 0.29) is 81.5 Å². The Morgan fingerprint density at radius 3 is 0.877 bits per heavy atom. The maximum atomic E-state index is 11.5. The first-order valence-electron chi connectivity index (χ1n) is 18.8. The van der Waals surface area contributed by atoms with Crippen LogP contribution in [0.2, 0.25) is 0 Å². The molecule has 0 aromatic rings. The Bertz CT molecular complexity index is 1150. The van der Waals surface area contributed by atoms with Gasteiger partial charge in [0, 0.05) is 29.7 Å². The van der Waals surface area contributed by atoms with Crippen LogP contribution < -0.4 is 31.9 Å². The van der Waals surface area contributed by atoms with Gasteiger partial charge < -0.3 is 46.1 Å². The van der Waals surface area contributed by atoms with Gasteiger partial charge in [-0.3, -0.25) is 14.4 Å². The van der Waals surface area contributed by atoms with Gasteiger partial charge in [-0.25, -0.2) is 14.4 Å². The molecule has 0 aliphatic rings. The summed E-state index contributed by atoms with van der Waals surface area (Å²) in [6.45, 7) is 35.8. The fourth-order valence-corrected chi connectivity index (χ4v) is 3.14. The van der Waals surface area contributed by atoms with Crippen LogP contribution >= 0.6 is 0 Å². The first-order valence-corrected chi connectivity index (χ1v) is 18.8. The Morgan fingerprint density at radius 1 is 0.351 bits per heavy atom. The van der Waals surface area contributed by atoms with Gasteiger partial charge in [0.1, 0.15) is 6.61 Å². The molecule has 0 radical (unpaired) electrons. The Kier molecular flexibility index (Phi) is 33.6. The van der Waals surface area contributed by atoms with E-state index in [0.29, 0.717) is 39.3 Å². The topological polar surface area (TPSA) is 202 Å². The highest BCUT2D eigenvalue weighted by Crippen LogP contribution is 2.16. The summed E-state index contributed by atoms with van der Waals surface area (Å²) >= 11 is 0. The molecule has 6 N–H and O–H groups in total. The number of amides is 6. The van der Waals surface area contributed by atoms with E-state index in [0.717, 1.165) is 12.8 Å². The van der Waals surface area contributed by atoms with Crippen molar-refractivity contribution in [1.82, 2.24) is 31.9 Å². The normalized spacial score (nSPS) is 11.3. The van der Waals surface area contributed by atoms with Crippen molar-refractivity contribution < 1.29 is 43.0 Å². The minimum absolute atomic E-state index is 0. The van der Waals surface area contributed by atoms with Crippen molar-refractivity contribution in [2.45, 2.75) is 183 Å². The smallest absolute Gasteiger partial charge is 0.315 e. The molecule has 6 amide bonds. The zero-order chi connectivity index (χ0) is 43.2. The van der Waals surface area contributed by atoms with Gasteiger partial charge in [0.25, 0.3) is 0 Å². The SMILES string of the molecule is C.C.C.CC(C)(C)NC(=O)NCCCCOC(=O)C(C)(C)C.CC(C)(C)NC(=O)NCCCOC(=O)C(C)(C)C.CC(C)(C)NC(=O)NCCOC(=O)C(C)(C)C. The lowest BCUT2D eigenvalue weighted by molar-refractivity contribution is -0.153. The zero-order valence-corrected chi connectivity index (χ0v) is 37.0. The number of esters is 3. The van der Waals surface area contributed by atoms with E-state index in [9.17, 15) is 28.8 Å². The second-order valence-corrected chi connectivity index (χ2v) is 19.1. The molecule has 0 rings (SSSR count). The quantitative estimate of drug-likeness (QED) is 0.0639. The number of ether oxygens (including phenoxy) is 3. The minimum Gasteiger partial charge on any atom is -0.465 e. The maximum Gasteiger partial charge on any atom is 0.315 e. The summed E-state index contributed by atoms with van der Waals surface area (Å²) in [5.74, 6) is -0.678. The minimum atomic E-state index is -0.506. The van der Waals surface area contributed by atoms with Crippen LogP contribution in [0.5, 0.6) is 0 Å². The van der Waals surface area contributed by atoms with Crippen molar-refractivity contribution >= 4 is 36.0 Å². The molecule has 342 valence electrons. The standard InChI is InChI=1S/C14H28N2O3.C13H26N2O3.C12H24N2O3.3CH4/c1-13(2,3)11(17)19-10-8-7-9-15-12(18)16-14(4,5)6;1-12(2,3)10(16)18-9-7-8-14-11(17)15-13(4,5)6;1-11(2,3)9(15)17-8-7-13-10(16)14-12(4,5)6;;;/h7-10H2,1-6H3,(H2,15,16,18);7-9H2,1-6H3,(H2,14,15,17);7-8H2,1-6H3,(H2,13,14,16);3*1H4. The number of rotatable bonds is 12. The van der Waals surface area contributed by atoms with Crippen molar-refractivity contribution in [3.8, 4) is 0 Å². The lowest BCUT2D eigenvalue weighted by Crippen LogP contribution is -2.47. The number of unbranched alkanes of at least 4 members (excludes halogenated alkanes) is 1. The van der Waals surface area contributed by atoms with E-state index in [1.54, 1.807) is 20.8 Å². The molecule has 57 heavy (non-hydrogen) atoms. The molecule has 15 heteroatoms. The molecule has 0 saturated heterocycles. The second-order valence-electron chi connectivity index (χ2n) is 19.1. The molecule has 0 spiro atoms. The van der Waals surface area contributed by atoms with Gasteiger partial charge in [0.2, 0.25) is 0 Å². The first-order chi connectivity index (χ1) is 24.1. The van der Waals surface area contributed by atoms with Crippen LogP contribution in [0.4, 0.5) is 14.4 Å². The largest absolute Gasteiger partial charge is 0.465 e. The molecule has 15 nitrogen and oxygen atoms in total. The molecule has 0 bridgehead atoms. The van der Waals surface area contributed by atoms with E-state index in [4.69, 9.17) is 14.2 Å². The highest BCUT2D eigenvalue weighted by molar-refractivity contribution is 5.77. The maximum absolute atomic E-state index is 11.5. The van der Waals surface area contributed by atoms with Gasteiger partial charge in [-0.1, -0.05) is 22.3 Å². The number of carbonyl (C=O) groups is 6. The van der Waals surface area contributed by atoms with Crippen molar-refractivity contribution in [2.75, 3.05) is 39.5 Å². The molecule has 0 unspecified atom stereocenters. The van der Waals surface area contributed by atoms with Crippen molar-refractivity contribution in [3.05, 3.63) is 0 Å². The van der Waals surface area contributed by atoms with Crippen LogP contribution in [-0.4, -0.2) is 92.1 Å². The van der Waals surface area contributed by atoms with Crippen LogP contribution in [-0.2, 0) is 28.6 Å². The third kappa shape index (κ3) is 46.5. The fourth-order valence-electron chi connectivity index (χ4n) is 3.14. The summed E-state index contributed by atoms with van der Waals surface area (Å²) in [5.41, 5.74) is -2.18. The van der Waals surface area contributed by atoms with Crippen molar-refractivity contribution in [3.63, 3.8) is 0 Å². The van der Waals surface area contributed by atoms with Crippen LogP contribution in [0.3, 0.4) is 0 Å². The molecule has 0 aliphatic carbocycles. The Morgan fingerprint density at radius 2 is 0.596 bits per heavy atom. The average Bonchev–Trinajstić information content (AvgIpc) is 2.93. The van der Waals surface area contributed by atoms with Gasteiger partial charge in [-0.15, -0.1) is 0 Å². The zero-order valence-electron chi connectivity index (χ0n) is 37.0. The lowest BCUT2D eigenvalue weighted by atomic mass is 9.97. The van der Waals surface area contributed by atoms with E-state index >= 15 is 0 Å². The second kappa shape index (κ2) is 29.4. The number of carbonyl (C=O) groups excluding carboxylic acids is 6. The van der Waals surface area contributed by atoms with Crippen molar-refractivity contribution in [2.24, 2.45) is 16.2 Å². The Balaban J connectivity index is -0.000000167. The summed E-state index contributed by atoms with van der Waals surface area (Å²) in [6, 6.07) is -0.631. The first kappa shape index (κ1) is 65.1. The molecule has 0 aromatic carbocycles. The Hall–Kier alpha value is -3.78. The number of urea groups is 3. The predicted octanol–water partition coefficient (Wildman–Crippen LogP) is 8.10. The van der Waals surface area contributed by atoms with E-state index in [2.05, 4.69) is 31.9 Å². The van der Waals surface area contributed by atoms with E-state index < -0.39 is 16.2 Å². The predicted molar refractivity (Wildman–Crippen MR) is 234 cm³/mol. The van der Waals surface area contributed by atoms with Gasteiger partial charge in [0.15, 0.2) is 0 Å². The molecule has 0 atom stereocenters. The Labute approximate surface area is 348 Å². The van der Waals surface area contributed by atoms with Crippen LogP contribution in [0.15, 0.2) is 0 Å². The van der Waals surface area contributed by atoms with Crippen LogP contribution in [0, 0.1) is 16.2 Å². The van der Waals surface area contributed by atoms with E-state index in [1.807, 2.05) is 104 Å². The van der Waals surface area contributed by atoms with Gasteiger partial charge in [-0.05, 0) is 144 Å². The summed E-state index contributed by atoms with van der Waals surface area (Å²) in [4.78, 5) is 68.4. The summed E-state index contributed by atoms with van der Waals surface area (Å²) in [7, 11) is 0. The van der Waals surface area contributed by atoms with Gasteiger partial charge in [0.05, 0.1) is 36.0 Å². The number of nitrogens with one attached hydrogen (secondary N) is 6. The van der Waals surface area contributed by atoms with Crippen molar-refractivity contribution in [1.29, 1.82) is 0 Å². The lowest BCUT2D eigenvalue weighted by Gasteiger charge is -2.21. The van der Waals surface area contributed by atoms with Crippen LogP contribution in [0.25, 0.3) is 0 Å². The molecule has 0 saturated carbocycles. The van der Waals surface area contributed by atoms with Crippen LogP contribution in [0.1, 0.15) is 166 Å². The third-order valence-corrected chi connectivity index (χ3v) is 5.85. The summed E-state index contributed by atoms with van der Waals surface area (Å²) in [5, 5.41) is 16.4. The number of hydrogen-bond donors (Lipinski definition) is 6. The summed E-state index contributed by atoms with van der Waals surface area (Å²) in [6.07, 6.45) is 2.14. The van der Waals surface area contributed by atoms with Gasteiger partial charge >= 0.3 is 36.0 Å². The fraction of sp³-hybridized carbons (Fsp3) is 0.857. The van der Waals surface area contributed by atoms with E-state index in [1.165, 1.54) is 0 Å². The molecular formula is C42H90N6O9. The molecule has 0 aliphatic heterocycles.